The van der Waals surface area contributed by atoms with Crippen LogP contribution in [0.1, 0.15) is 100 Å². The minimum absolute atomic E-state index is 0.0355. The molecule has 14 heteroatoms. The van der Waals surface area contributed by atoms with Gasteiger partial charge in [0, 0.05) is 60.4 Å². The van der Waals surface area contributed by atoms with Crippen molar-refractivity contribution in [2.24, 2.45) is 29.6 Å². The van der Waals surface area contributed by atoms with Gasteiger partial charge in [-0.1, -0.05) is 52.2 Å². The average molecular weight is 921 g/mol. The van der Waals surface area contributed by atoms with Crippen LogP contribution in [-0.4, -0.2) is 144 Å². The number of cyclic esters (lactones) is 1. The Morgan fingerprint density at radius 2 is 1.70 bits per heavy atom. The van der Waals surface area contributed by atoms with E-state index in [1.807, 2.05) is 97.8 Å². The molecule has 1 aromatic heterocycles. The SMILES string of the molecule is C=C1CO[C@]2(C)[C@@H](CC)OC(=O)[C@H](C)[C@@H](O[C@H]3C[C@@](C)(OC)C(O)[C@H](C)O3)[C@H](C)[C@@H](O[C@@H]3O[C@H](C)C[C@H](N(C)C)[C@H]3O)[C@](C)(OCC#Cc3ccc4ncccc4c3)CC(C)C(=O)C(C)[C@H]12. The molecule has 4 aliphatic heterocycles. The number of carbonyl (C=O) groups excluding carboxylic acids is 2. The number of fused-ring (bicyclic) bond motifs is 2. The molecule has 3 unspecified atom stereocenters. The normalized spacial score (nSPS) is 41.8. The Morgan fingerprint density at radius 3 is 2.38 bits per heavy atom. The molecule has 1 aromatic carbocycles. The lowest BCUT2D eigenvalue weighted by molar-refractivity contribution is -0.320. The van der Waals surface area contributed by atoms with Gasteiger partial charge in [-0.3, -0.25) is 14.6 Å². The monoisotopic (exact) mass is 921 g/mol. The van der Waals surface area contributed by atoms with Crippen molar-refractivity contribution in [2.75, 3.05) is 34.4 Å². The van der Waals surface area contributed by atoms with Crippen molar-refractivity contribution >= 4 is 22.7 Å². The van der Waals surface area contributed by atoms with Crippen LogP contribution >= 0.6 is 0 Å². The van der Waals surface area contributed by atoms with Crippen LogP contribution in [0.15, 0.2) is 48.7 Å². The fraction of sp³-hybridized carbons (Fsp3) is 0.712. The summed E-state index contributed by atoms with van der Waals surface area (Å²) in [7, 11) is 5.35. The topological polar surface area (TPSA) is 165 Å². The summed E-state index contributed by atoms with van der Waals surface area (Å²) in [5.74, 6) is 2.58. The van der Waals surface area contributed by atoms with E-state index in [9.17, 15) is 19.8 Å². The van der Waals surface area contributed by atoms with Crippen molar-refractivity contribution in [3.8, 4) is 11.8 Å². The number of ether oxygens (including phenoxy) is 8. The summed E-state index contributed by atoms with van der Waals surface area (Å²) in [6, 6.07) is 9.37. The van der Waals surface area contributed by atoms with Gasteiger partial charge in [0.2, 0.25) is 0 Å². The first-order chi connectivity index (χ1) is 31.1. The van der Waals surface area contributed by atoms with Crippen molar-refractivity contribution in [1.82, 2.24) is 9.88 Å². The highest BCUT2D eigenvalue weighted by Gasteiger charge is 2.57. The zero-order chi connectivity index (χ0) is 48.5. The summed E-state index contributed by atoms with van der Waals surface area (Å²) in [4.78, 5) is 36.2. The standard InChI is InChI=1S/C52H76N2O12/c1-15-40-52(11)42(30(3)28-61-52)32(5)43(55)29(2)26-51(10,60-23-17-18-36-20-21-38-37(25-36)19-16-22-53-38)47(66-49-44(56)39(54(12)13)24-31(4)62-49)33(6)45(34(7)48(58)64-40)65-41-27-50(9,59-14)46(57)35(8)63-41/h16,19-22,25,29,31-35,39-42,44-47,49,56-57H,3,15,23-24,26-28H2,1-2,4-14H3/t29?,31-,32?,33+,34-,35+,39+,40-,41+,42+,44-,45+,46?,47-,49+,50-,51-,52-/m1/s1. The zero-order valence-corrected chi connectivity index (χ0v) is 41.4. The number of Topliss-reactive ketones (excluding diaryl/α,β-unsaturated/α-hetero) is 1. The molecular formula is C52H76N2O12. The van der Waals surface area contributed by atoms with Crippen molar-refractivity contribution < 1.29 is 57.7 Å². The molecule has 14 nitrogen and oxygen atoms in total. The highest BCUT2D eigenvalue weighted by Crippen LogP contribution is 2.47. The molecule has 0 saturated carbocycles. The van der Waals surface area contributed by atoms with E-state index < -0.39 is 102 Å². The molecular weight excluding hydrogens is 845 g/mol. The Morgan fingerprint density at radius 1 is 0.970 bits per heavy atom. The molecule has 0 spiro atoms. The number of hydrogen-bond donors (Lipinski definition) is 2. The van der Waals surface area contributed by atoms with E-state index in [1.165, 1.54) is 7.11 Å². The number of carbonyl (C=O) groups is 2. The summed E-state index contributed by atoms with van der Waals surface area (Å²) in [6.45, 7) is 23.2. The number of pyridine rings is 1. The first-order valence-corrected chi connectivity index (χ1v) is 23.8. The van der Waals surface area contributed by atoms with Gasteiger partial charge in [0.15, 0.2) is 12.6 Å². The number of nitrogens with zero attached hydrogens (tertiary/aromatic N) is 2. The lowest BCUT2D eigenvalue weighted by atomic mass is 9.69. The summed E-state index contributed by atoms with van der Waals surface area (Å²) in [5, 5.41) is 24.1. The first-order valence-electron chi connectivity index (χ1n) is 23.8. The number of methoxy groups -OCH3 is 1. The van der Waals surface area contributed by atoms with Gasteiger partial charge in [-0.05, 0) is 105 Å². The van der Waals surface area contributed by atoms with Crippen LogP contribution in [0.25, 0.3) is 10.9 Å². The molecule has 366 valence electrons. The number of benzene rings is 1. The van der Waals surface area contributed by atoms with Crippen LogP contribution in [-0.2, 0) is 47.5 Å². The maximum Gasteiger partial charge on any atom is 0.311 e. The number of aliphatic hydroxyl groups is 2. The van der Waals surface area contributed by atoms with E-state index in [4.69, 9.17) is 37.9 Å². The Kier molecular flexibility index (Phi) is 16.7. The maximum atomic E-state index is 15.0. The molecule has 5 heterocycles. The van der Waals surface area contributed by atoms with E-state index in [-0.39, 0.29) is 44.0 Å². The fourth-order valence-corrected chi connectivity index (χ4v) is 11.3. The van der Waals surface area contributed by atoms with Crippen molar-refractivity contribution in [2.45, 2.75) is 173 Å². The van der Waals surface area contributed by atoms with E-state index in [2.05, 4.69) is 23.4 Å². The van der Waals surface area contributed by atoms with Gasteiger partial charge >= 0.3 is 5.97 Å². The minimum Gasteiger partial charge on any atom is -0.459 e. The highest BCUT2D eigenvalue weighted by molar-refractivity contribution is 5.84. The first kappa shape index (κ1) is 52.0. The third kappa shape index (κ3) is 10.8. The Balaban J connectivity index is 1.49. The van der Waals surface area contributed by atoms with Crippen molar-refractivity contribution in [3.05, 3.63) is 54.2 Å². The molecule has 4 aliphatic rings. The summed E-state index contributed by atoms with van der Waals surface area (Å²) in [6.07, 6.45) is -4.76. The molecule has 0 radical (unpaired) electrons. The van der Waals surface area contributed by atoms with Crippen LogP contribution in [0.4, 0.5) is 0 Å². The second-order valence-corrected chi connectivity index (χ2v) is 20.4. The Bertz CT molecular complexity index is 2090. The number of aromatic nitrogens is 1. The second kappa shape index (κ2) is 21.1. The number of likely N-dealkylation sites (N-methyl/N-ethyl adjacent to an activating group) is 1. The zero-order valence-electron chi connectivity index (χ0n) is 41.4. The second-order valence-electron chi connectivity index (χ2n) is 20.4. The number of esters is 1. The van der Waals surface area contributed by atoms with E-state index >= 15 is 0 Å². The summed E-state index contributed by atoms with van der Waals surface area (Å²) in [5.41, 5.74) is -1.02. The third-order valence-electron chi connectivity index (χ3n) is 15.2. The van der Waals surface area contributed by atoms with Crippen molar-refractivity contribution in [3.63, 3.8) is 0 Å². The highest BCUT2D eigenvalue weighted by atomic mass is 16.7. The van der Waals surface area contributed by atoms with Gasteiger partial charge in [0.1, 0.15) is 36.3 Å². The number of rotatable bonds is 9. The molecule has 0 aliphatic carbocycles. The lowest BCUT2D eigenvalue weighted by Gasteiger charge is -2.50. The van der Waals surface area contributed by atoms with Crippen LogP contribution in [0.5, 0.6) is 0 Å². The Hall–Kier alpha value is -3.33. The molecule has 0 amide bonds. The summed E-state index contributed by atoms with van der Waals surface area (Å²) < 4.78 is 52.7. The molecule has 4 saturated heterocycles. The maximum absolute atomic E-state index is 15.0. The quantitative estimate of drug-likeness (QED) is 0.165. The number of hydrogen-bond acceptors (Lipinski definition) is 14. The van der Waals surface area contributed by atoms with Crippen LogP contribution in [0.3, 0.4) is 0 Å². The Labute approximate surface area is 392 Å². The van der Waals surface area contributed by atoms with Gasteiger partial charge in [-0.2, -0.15) is 0 Å². The largest absolute Gasteiger partial charge is 0.459 e. The van der Waals surface area contributed by atoms with Gasteiger partial charge in [-0.25, -0.2) is 0 Å². The number of aliphatic hydroxyl groups excluding tert-OH is 2. The van der Waals surface area contributed by atoms with E-state index in [1.54, 1.807) is 27.0 Å². The summed E-state index contributed by atoms with van der Waals surface area (Å²) >= 11 is 0. The minimum atomic E-state index is -1.33. The van der Waals surface area contributed by atoms with Crippen molar-refractivity contribution in [1.29, 1.82) is 0 Å². The molecule has 18 atom stereocenters. The van der Waals surface area contributed by atoms with Gasteiger partial charge in [0.25, 0.3) is 0 Å². The fourth-order valence-electron chi connectivity index (χ4n) is 11.3. The average Bonchev–Trinajstić information content (AvgIpc) is 3.59. The molecule has 2 aromatic rings. The molecule has 4 fully saturated rings. The van der Waals surface area contributed by atoms with Crippen LogP contribution in [0.2, 0.25) is 0 Å². The van der Waals surface area contributed by atoms with Gasteiger partial charge in [-0.15, -0.1) is 0 Å². The van der Waals surface area contributed by atoms with Crippen LogP contribution < -0.4 is 0 Å². The molecule has 66 heavy (non-hydrogen) atoms. The van der Waals surface area contributed by atoms with Gasteiger partial charge < -0.3 is 53.0 Å². The predicted octanol–water partition coefficient (Wildman–Crippen LogP) is 6.26. The number of ketones is 1. The predicted molar refractivity (Wildman–Crippen MR) is 249 cm³/mol. The molecule has 2 N–H and O–H groups in total. The smallest absolute Gasteiger partial charge is 0.311 e. The molecule has 0 bridgehead atoms. The molecule has 6 rings (SSSR count). The van der Waals surface area contributed by atoms with E-state index in [0.29, 0.717) is 12.8 Å². The van der Waals surface area contributed by atoms with Gasteiger partial charge in [0.05, 0.1) is 53.7 Å². The third-order valence-corrected chi connectivity index (χ3v) is 15.2. The van der Waals surface area contributed by atoms with Crippen LogP contribution in [0, 0.1) is 41.4 Å². The van der Waals surface area contributed by atoms with E-state index in [0.717, 1.165) is 22.0 Å². The lowest BCUT2D eigenvalue weighted by Crippen LogP contribution is -2.61.